The highest BCUT2D eigenvalue weighted by Gasteiger charge is 2.54. The van der Waals surface area contributed by atoms with E-state index in [0.29, 0.717) is 26.1 Å². The number of carbonyl (C=O) groups excluding carboxylic acids is 2. The van der Waals surface area contributed by atoms with E-state index in [0.717, 1.165) is 11.3 Å². The van der Waals surface area contributed by atoms with Crippen molar-refractivity contribution in [1.29, 1.82) is 5.41 Å². The zero-order chi connectivity index (χ0) is 24.6. The van der Waals surface area contributed by atoms with Gasteiger partial charge in [-0.2, -0.15) is 4.73 Å². The number of nitrogens with one attached hydrogen (secondary N) is 2. The SMILES string of the molecule is N=c1scc(CC(=O)NC2C(=O)N3C(C(=O)O)=C(CSc4nc(CC(=O)O)cs4)CS[C@@H]23)n1O. The lowest BCUT2D eigenvalue weighted by Gasteiger charge is -2.49. The molecule has 0 bridgehead atoms. The molecule has 0 spiro atoms. The monoisotopic (exact) mass is 543 g/mol. The number of aliphatic carboxylic acids is 2. The van der Waals surface area contributed by atoms with Crippen molar-refractivity contribution in [3.63, 3.8) is 0 Å². The first-order valence-corrected chi connectivity index (χ1v) is 13.4. The van der Waals surface area contributed by atoms with Gasteiger partial charge in [-0.25, -0.2) is 9.78 Å². The number of thiazole rings is 2. The van der Waals surface area contributed by atoms with Crippen LogP contribution >= 0.6 is 46.2 Å². The molecule has 2 aromatic heterocycles. The Hall–Kier alpha value is -2.82. The second-order valence-electron chi connectivity index (χ2n) is 7.20. The summed E-state index contributed by atoms with van der Waals surface area (Å²) in [5.74, 6) is -2.68. The Morgan fingerprint density at radius 3 is 2.65 bits per heavy atom. The normalized spacial score (nSPS) is 19.5. The Balaban J connectivity index is 1.41. The molecule has 0 aliphatic carbocycles. The van der Waals surface area contributed by atoms with E-state index < -0.39 is 35.2 Å². The summed E-state index contributed by atoms with van der Waals surface area (Å²) in [6.07, 6.45) is -0.420. The number of carboxylic acids is 2. The fourth-order valence-electron chi connectivity index (χ4n) is 3.39. The lowest BCUT2D eigenvalue weighted by atomic mass is 10.0. The summed E-state index contributed by atoms with van der Waals surface area (Å²) in [5.41, 5.74) is 1.06. The minimum atomic E-state index is -1.24. The van der Waals surface area contributed by atoms with Crippen LogP contribution in [0.15, 0.2) is 26.4 Å². The van der Waals surface area contributed by atoms with E-state index in [1.54, 1.807) is 5.38 Å². The molecule has 4 heterocycles. The molecule has 0 saturated carbocycles. The van der Waals surface area contributed by atoms with E-state index >= 15 is 0 Å². The summed E-state index contributed by atoms with van der Waals surface area (Å²) in [6.45, 7) is 0. The van der Waals surface area contributed by atoms with E-state index in [-0.39, 0.29) is 34.8 Å². The van der Waals surface area contributed by atoms with Crippen molar-refractivity contribution in [2.24, 2.45) is 0 Å². The molecule has 1 fully saturated rings. The quantitative estimate of drug-likeness (QED) is 0.169. The van der Waals surface area contributed by atoms with Gasteiger partial charge in [-0.15, -0.1) is 34.4 Å². The number of aromatic nitrogens is 2. The fourth-order valence-corrected chi connectivity index (χ4v) is 7.37. The molecule has 16 heteroatoms. The third kappa shape index (κ3) is 4.84. The van der Waals surface area contributed by atoms with Crippen LogP contribution in [0.3, 0.4) is 0 Å². The molecule has 5 N–H and O–H groups in total. The first-order valence-electron chi connectivity index (χ1n) is 9.57. The minimum Gasteiger partial charge on any atom is -0.481 e. The Labute approximate surface area is 207 Å². The maximum absolute atomic E-state index is 12.7. The first kappa shape index (κ1) is 24.3. The number of rotatable bonds is 9. The Morgan fingerprint density at radius 1 is 1.24 bits per heavy atom. The Kier molecular flexibility index (Phi) is 7.01. The molecule has 34 heavy (non-hydrogen) atoms. The highest BCUT2D eigenvalue weighted by Crippen LogP contribution is 2.41. The predicted molar refractivity (Wildman–Crippen MR) is 123 cm³/mol. The van der Waals surface area contributed by atoms with Gasteiger partial charge in [0.2, 0.25) is 10.7 Å². The highest BCUT2D eigenvalue weighted by atomic mass is 32.2. The summed E-state index contributed by atoms with van der Waals surface area (Å²) in [4.78, 5) is 53.1. The third-order valence-corrected chi connectivity index (χ3v) is 9.19. The van der Waals surface area contributed by atoms with Crippen molar-refractivity contribution in [3.8, 4) is 0 Å². The standard InChI is InChI=1S/C18H17N5O7S4/c19-17-23(30)9(6-32-17)2-10(24)21-12-14(27)22-13(16(28)29)7(3-31-15(12)22)4-33-18-20-8(5-34-18)1-11(25)26/h5-6,12,15,19,30H,1-4H2,(H,21,24)(H,25,26)(H,28,29)/t12?,15-/m0/s1. The van der Waals surface area contributed by atoms with Crippen molar-refractivity contribution in [1.82, 2.24) is 19.9 Å². The van der Waals surface area contributed by atoms with E-state index in [4.69, 9.17) is 10.5 Å². The Bertz CT molecular complexity index is 1270. The third-order valence-electron chi connectivity index (χ3n) is 4.91. The van der Waals surface area contributed by atoms with Gasteiger partial charge >= 0.3 is 11.9 Å². The van der Waals surface area contributed by atoms with Crippen LogP contribution in [0.1, 0.15) is 11.4 Å². The summed E-state index contributed by atoms with van der Waals surface area (Å²) >= 11 is 4.84. The molecule has 2 aliphatic rings. The molecular weight excluding hydrogens is 526 g/mol. The predicted octanol–water partition coefficient (Wildman–Crippen LogP) is 0.423. The molecule has 180 valence electrons. The lowest BCUT2D eigenvalue weighted by molar-refractivity contribution is -0.150. The smallest absolute Gasteiger partial charge is 0.352 e. The van der Waals surface area contributed by atoms with E-state index in [9.17, 15) is 29.5 Å². The molecule has 0 aromatic carbocycles. The molecular formula is C18H17N5O7S4. The number of carbonyl (C=O) groups is 4. The van der Waals surface area contributed by atoms with Gasteiger partial charge in [0.05, 0.1) is 24.2 Å². The molecule has 0 radical (unpaired) electrons. The zero-order valence-corrected chi connectivity index (χ0v) is 20.4. The molecule has 2 aliphatic heterocycles. The molecule has 1 unspecified atom stereocenters. The molecule has 2 aromatic rings. The van der Waals surface area contributed by atoms with Crippen LogP contribution in [0.4, 0.5) is 0 Å². The maximum atomic E-state index is 12.7. The van der Waals surface area contributed by atoms with Crippen molar-refractivity contribution in [2.45, 2.75) is 28.6 Å². The molecule has 2 amide bonds. The molecule has 12 nitrogen and oxygen atoms in total. The highest BCUT2D eigenvalue weighted by molar-refractivity contribution is 8.01. The van der Waals surface area contributed by atoms with Crippen LogP contribution < -0.4 is 10.1 Å². The first-order chi connectivity index (χ1) is 16.2. The minimum absolute atomic E-state index is 0.112. The molecule has 2 atom stereocenters. The maximum Gasteiger partial charge on any atom is 0.352 e. The summed E-state index contributed by atoms with van der Waals surface area (Å²) in [7, 11) is 0. The van der Waals surface area contributed by atoms with Gasteiger partial charge < -0.3 is 20.7 Å². The number of amides is 2. The van der Waals surface area contributed by atoms with Gasteiger partial charge in [0.25, 0.3) is 5.91 Å². The van der Waals surface area contributed by atoms with Crippen LogP contribution in [0.2, 0.25) is 0 Å². The van der Waals surface area contributed by atoms with Crippen molar-refractivity contribution < 1.29 is 34.6 Å². The topological polar surface area (TPSA) is 186 Å². The second kappa shape index (κ2) is 9.81. The fraction of sp³-hybridized carbons (Fsp3) is 0.333. The van der Waals surface area contributed by atoms with E-state index in [2.05, 4.69) is 10.3 Å². The number of thioether (sulfide) groups is 2. The number of carboxylic acid groups (broad SMARTS) is 2. The summed E-state index contributed by atoms with van der Waals surface area (Å²) < 4.78 is 1.20. The largest absolute Gasteiger partial charge is 0.481 e. The van der Waals surface area contributed by atoms with Gasteiger partial charge in [-0.3, -0.25) is 24.7 Å². The van der Waals surface area contributed by atoms with Crippen LogP contribution in [0.25, 0.3) is 0 Å². The number of nitrogens with zero attached hydrogens (tertiary/aromatic N) is 3. The second-order valence-corrected chi connectivity index (χ2v) is 11.2. The van der Waals surface area contributed by atoms with E-state index in [1.807, 2.05) is 0 Å². The molecule has 1 saturated heterocycles. The average Bonchev–Trinajstić information content (AvgIpc) is 3.35. The van der Waals surface area contributed by atoms with Crippen molar-refractivity contribution in [3.05, 3.63) is 38.2 Å². The van der Waals surface area contributed by atoms with Crippen LogP contribution in [0, 0.1) is 5.41 Å². The van der Waals surface area contributed by atoms with E-state index in [1.165, 1.54) is 45.1 Å². The van der Waals surface area contributed by atoms with Crippen molar-refractivity contribution in [2.75, 3.05) is 11.5 Å². The van der Waals surface area contributed by atoms with Gasteiger partial charge in [0.1, 0.15) is 21.5 Å². The Morgan fingerprint density at radius 2 is 2.00 bits per heavy atom. The van der Waals surface area contributed by atoms with Crippen LogP contribution in [0.5, 0.6) is 0 Å². The van der Waals surface area contributed by atoms with Gasteiger partial charge in [-0.1, -0.05) is 11.8 Å². The summed E-state index contributed by atoms with van der Waals surface area (Å²) in [6, 6.07) is -0.889. The lowest BCUT2D eigenvalue weighted by Crippen LogP contribution is -2.70. The molecule has 4 rings (SSSR count). The summed E-state index contributed by atoms with van der Waals surface area (Å²) in [5, 5.41) is 40.9. The number of hydrogen-bond donors (Lipinski definition) is 5. The van der Waals surface area contributed by atoms with Crippen LogP contribution in [-0.2, 0) is 32.0 Å². The van der Waals surface area contributed by atoms with Crippen molar-refractivity contribution >= 4 is 70.0 Å². The van der Waals surface area contributed by atoms with Crippen LogP contribution in [-0.4, -0.2) is 76.7 Å². The number of β-lactam (4-membered cyclic amide) rings is 1. The zero-order valence-electron chi connectivity index (χ0n) is 17.1. The number of hydrogen-bond acceptors (Lipinski definition) is 11. The van der Waals surface area contributed by atoms with Gasteiger partial charge in [-0.05, 0) is 5.57 Å². The number of fused-ring (bicyclic) bond motifs is 1. The van der Waals surface area contributed by atoms with Gasteiger partial charge in [0.15, 0.2) is 0 Å². The average molecular weight is 544 g/mol. The van der Waals surface area contributed by atoms with Gasteiger partial charge in [0, 0.05) is 22.3 Å².